The third kappa shape index (κ3) is 4.94. The van der Waals surface area contributed by atoms with Crippen LogP contribution in [0.2, 0.25) is 0 Å². The highest BCUT2D eigenvalue weighted by atomic mass is 16.7. The first-order valence-electron chi connectivity index (χ1n) is 8.08. The number of hydrogen-bond donors (Lipinski definition) is 2. The van der Waals surface area contributed by atoms with Crippen molar-refractivity contribution in [3.63, 3.8) is 0 Å². The first kappa shape index (κ1) is 17.2. The van der Waals surface area contributed by atoms with Gasteiger partial charge in [0.2, 0.25) is 5.96 Å². The number of carbonyl (C=O) groups is 1. The molecule has 0 atom stereocenters. The fourth-order valence-corrected chi connectivity index (χ4v) is 2.28. The normalized spacial score (nSPS) is 11.2. The number of hydroxylamine groups is 1. The number of hydrogen-bond acceptors (Lipinski definition) is 4. The summed E-state index contributed by atoms with van der Waals surface area (Å²) in [4.78, 5) is 21.1. The number of aromatic nitrogens is 2. The summed E-state index contributed by atoms with van der Waals surface area (Å²) in [7, 11) is 0. The highest BCUT2D eigenvalue weighted by Gasteiger charge is 2.11. The van der Waals surface area contributed by atoms with Crippen LogP contribution in [0.3, 0.4) is 0 Å². The number of rotatable bonds is 5. The van der Waals surface area contributed by atoms with Gasteiger partial charge >= 0.3 is 5.97 Å². The summed E-state index contributed by atoms with van der Waals surface area (Å²) in [5.74, 6) is -0.555. The van der Waals surface area contributed by atoms with Crippen LogP contribution < -0.4 is 11.2 Å². The predicted octanol–water partition coefficient (Wildman–Crippen LogP) is 2.11. The highest BCUT2D eigenvalue weighted by Crippen LogP contribution is 2.05. The molecule has 3 rings (SSSR count). The minimum Gasteiger partial charge on any atom is -0.368 e. The molecule has 0 saturated carbocycles. The first-order valence-corrected chi connectivity index (χ1v) is 8.08. The molecule has 0 amide bonds. The Bertz CT molecular complexity index is 875. The third-order valence-electron chi connectivity index (χ3n) is 3.58. The van der Waals surface area contributed by atoms with Crippen LogP contribution in [-0.4, -0.2) is 21.7 Å². The highest BCUT2D eigenvalue weighted by molar-refractivity contribution is 5.90. The van der Waals surface area contributed by atoms with Gasteiger partial charge in [0, 0.05) is 6.20 Å². The molecular formula is C19H19N5O2. The summed E-state index contributed by atoms with van der Waals surface area (Å²) in [5, 5.41) is 4.16. The van der Waals surface area contributed by atoms with E-state index in [0.717, 1.165) is 11.1 Å². The fourth-order valence-electron chi connectivity index (χ4n) is 2.28. The van der Waals surface area contributed by atoms with Crippen molar-refractivity contribution < 1.29 is 9.63 Å². The van der Waals surface area contributed by atoms with Gasteiger partial charge < -0.3 is 10.6 Å². The summed E-state index contributed by atoms with van der Waals surface area (Å²) in [6.07, 6.45) is 3.07. The quantitative estimate of drug-likeness (QED) is 0.418. The Hall–Kier alpha value is -3.61. The third-order valence-corrected chi connectivity index (χ3v) is 3.58. The van der Waals surface area contributed by atoms with Crippen LogP contribution in [-0.2, 0) is 17.9 Å². The van der Waals surface area contributed by atoms with E-state index >= 15 is 0 Å². The van der Waals surface area contributed by atoms with Gasteiger partial charge in [-0.3, -0.25) is 4.68 Å². The van der Waals surface area contributed by atoms with Crippen LogP contribution in [0.4, 0.5) is 0 Å². The molecule has 0 radical (unpaired) electrons. The molecule has 0 unspecified atom stereocenters. The molecule has 3 N–H and O–H groups in total. The molecule has 0 bridgehead atoms. The molecule has 132 valence electrons. The summed E-state index contributed by atoms with van der Waals surface area (Å²) in [5.41, 5.74) is 10.5. The topological polar surface area (TPSA) is 94.5 Å². The van der Waals surface area contributed by atoms with Crippen LogP contribution in [0.15, 0.2) is 78.0 Å². The monoisotopic (exact) mass is 349 g/mol. The average Bonchev–Trinajstić information content (AvgIpc) is 3.14. The molecule has 2 aromatic carbocycles. The number of aliphatic imine (C=N–C) groups is 1. The standard InChI is InChI=1S/C19H19N5O2/c20-19(21-11-15-7-3-1-4-8-15)23-26-18(25)17-12-22-24(14-17)13-16-9-5-2-6-10-16/h1-10,12,14H,11,13H2,(H3,20,21,23). The Morgan fingerprint density at radius 1 is 1.08 bits per heavy atom. The van der Waals surface area contributed by atoms with Crippen molar-refractivity contribution in [2.24, 2.45) is 10.7 Å². The van der Waals surface area contributed by atoms with Gasteiger partial charge in [0.15, 0.2) is 0 Å². The zero-order valence-electron chi connectivity index (χ0n) is 14.1. The number of guanidine groups is 1. The van der Waals surface area contributed by atoms with E-state index in [1.807, 2.05) is 60.7 Å². The summed E-state index contributed by atoms with van der Waals surface area (Å²) in [6, 6.07) is 19.5. The second kappa shape index (κ2) is 8.48. The van der Waals surface area contributed by atoms with Gasteiger partial charge in [-0.25, -0.2) is 9.79 Å². The Kier molecular flexibility index (Phi) is 5.61. The minimum atomic E-state index is -0.581. The van der Waals surface area contributed by atoms with Crippen LogP contribution in [0.1, 0.15) is 21.5 Å². The van der Waals surface area contributed by atoms with Gasteiger partial charge in [-0.05, 0) is 11.1 Å². The van der Waals surface area contributed by atoms with Gasteiger partial charge in [-0.2, -0.15) is 10.6 Å². The van der Waals surface area contributed by atoms with Gasteiger partial charge in [-0.15, -0.1) is 0 Å². The molecule has 0 aliphatic heterocycles. The van der Waals surface area contributed by atoms with Gasteiger partial charge in [0.1, 0.15) is 0 Å². The molecule has 1 heterocycles. The van der Waals surface area contributed by atoms with E-state index in [0.29, 0.717) is 18.7 Å². The number of nitrogens with one attached hydrogen (secondary N) is 1. The summed E-state index contributed by atoms with van der Waals surface area (Å²) < 4.78 is 1.67. The molecular weight excluding hydrogens is 330 g/mol. The average molecular weight is 349 g/mol. The van der Waals surface area contributed by atoms with Gasteiger partial charge in [0.25, 0.3) is 0 Å². The molecule has 0 fully saturated rings. The number of nitrogens with two attached hydrogens (primary N) is 1. The molecule has 0 saturated heterocycles. The lowest BCUT2D eigenvalue weighted by atomic mass is 10.2. The van der Waals surface area contributed by atoms with E-state index < -0.39 is 5.97 Å². The predicted molar refractivity (Wildman–Crippen MR) is 98.1 cm³/mol. The van der Waals surface area contributed by atoms with E-state index in [1.165, 1.54) is 6.20 Å². The van der Waals surface area contributed by atoms with Crippen molar-refractivity contribution in [3.8, 4) is 0 Å². The minimum absolute atomic E-state index is 0.0267. The summed E-state index contributed by atoms with van der Waals surface area (Å²) >= 11 is 0. The Balaban J connectivity index is 1.50. The Morgan fingerprint density at radius 2 is 1.73 bits per heavy atom. The van der Waals surface area contributed by atoms with E-state index in [2.05, 4.69) is 15.6 Å². The van der Waals surface area contributed by atoms with E-state index in [1.54, 1.807) is 10.9 Å². The maximum absolute atomic E-state index is 12.0. The largest absolute Gasteiger partial charge is 0.368 e. The molecule has 1 aromatic heterocycles. The van der Waals surface area contributed by atoms with Crippen molar-refractivity contribution in [1.82, 2.24) is 15.3 Å². The van der Waals surface area contributed by atoms with Gasteiger partial charge in [0.05, 0.1) is 24.8 Å². The van der Waals surface area contributed by atoms with Crippen LogP contribution in [0.5, 0.6) is 0 Å². The Morgan fingerprint density at radius 3 is 2.42 bits per heavy atom. The van der Waals surface area contributed by atoms with E-state index in [9.17, 15) is 4.79 Å². The second-order valence-electron chi connectivity index (χ2n) is 5.59. The van der Waals surface area contributed by atoms with Crippen molar-refractivity contribution in [2.75, 3.05) is 0 Å². The summed E-state index contributed by atoms with van der Waals surface area (Å²) in [6.45, 7) is 0.967. The molecule has 0 aliphatic carbocycles. The smallest absolute Gasteiger partial charge is 0.366 e. The zero-order chi connectivity index (χ0) is 18.2. The maximum Gasteiger partial charge on any atom is 0.366 e. The van der Waals surface area contributed by atoms with E-state index in [4.69, 9.17) is 10.6 Å². The number of nitrogens with zero attached hydrogens (tertiary/aromatic N) is 3. The zero-order valence-corrected chi connectivity index (χ0v) is 14.1. The SMILES string of the molecule is NC(=NCc1ccccc1)NOC(=O)c1cnn(Cc2ccccc2)c1. The van der Waals surface area contributed by atoms with Crippen LogP contribution >= 0.6 is 0 Å². The molecule has 3 aromatic rings. The van der Waals surface area contributed by atoms with Crippen molar-refractivity contribution in [3.05, 3.63) is 89.7 Å². The van der Waals surface area contributed by atoms with Crippen molar-refractivity contribution in [1.29, 1.82) is 0 Å². The molecule has 0 aliphatic rings. The van der Waals surface area contributed by atoms with Crippen molar-refractivity contribution >= 4 is 11.9 Å². The fraction of sp³-hybridized carbons (Fsp3) is 0.105. The second-order valence-corrected chi connectivity index (χ2v) is 5.59. The lowest BCUT2D eigenvalue weighted by Crippen LogP contribution is -2.33. The lowest BCUT2D eigenvalue weighted by molar-refractivity contribution is 0.0383. The number of benzene rings is 2. The molecule has 7 heteroatoms. The Labute approximate surface area is 151 Å². The van der Waals surface area contributed by atoms with Gasteiger partial charge in [-0.1, -0.05) is 60.7 Å². The lowest BCUT2D eigenvalue weighted by Gasteiger charge is -2.05. The molecule has 7 nitrogen and oxygen atoms in total. The molecule has 26 heavy (non-hydrogen) atoms. The number of carbonyl (C=O) groups excluding carboxylic acids is 1. The van der Waals surface area contributed by atoms with E-state index in [-0.39, 0.29) is 5.96 Å². The van der Waals surface area contributed by atoms with Crippen LogP contribution in [0.25, 0.3) is 0 Å². The maximum atomic E-state index is 12.0. The molecule has 0 spiro atoms. The van der Waals surface area contributed by atoms with Crippen molar-refractivity contribution in [2.45, 2.75) is 13.1 Å². The van der Waals surface area contributed by atoms with Crippen LogP contribution in [0, 0.1) is 0 Å². The first-order chi connectivity index (χ1) is 12.7.